The van der Waals surface area contributed by atoms with Crippen LogP contribution in [-0.2, 0) is 14.3 Å². The molecule has 2 aromatic carbocycles. The van der Waals surface area contributed by atoms with Crippen LogP contribution in [0.15, 0.2) is 61.2 Å². The van der Waals surface area contributed by atoms with Gasteiger partial charge in [-0.2, -0.15) is 0 Å². The third kappa shape index (κ3) is 4.69. The van der Waals surface area contributed by atoms with Gasteiger partial charge < -0.3 is 20.5 Å². The van der Waals surface area contributed by atoms with Crippen molar-refractivity contribution >= 4 is 18.0 Å². The molecule has 2 aliphatic rings. The van der Waals surface area contributed by atoms with Crippen LogP contribution in [0, 0.1) is 5.41 Å². The van der Waals surface area contributed by atoms with Crippen LogP contribution in [0.2, 0.25) is 0 Å². The van der Waals surface area contributed by atoms with Gasteiger partial charge in [-0.05, 0) is 47.9 Å². The summed E-state index contributed by atoms with van der Waals surface area (Å²) in [6, 6.07) is 15.3. The topological polar surface area (TPSA) is 105 Å². The third-order valence-electron chi connectivity index (χ3n) is 6.97. The number of ether oxygens (including phenoxy) is 1. The van der Waals surface area contributed by atoms with Crippen molar-refractivity contribution in [2.24, 2.45) is 5.41 Å². The maximum atomic E-state index is 12.9. The Bertz CT molecular complexity index is 1050. The summed E-state index contributed by atoms with van der Waals surface area (Å²) in [6.07, 6.45) is 3.85. The fourth-order valence-electron chi connectivity index (χ4n) is 4.83. The molecular formula is C27H30N2O5. The quantitative estimate of drug-likeness (QED) is 0.458. The molecule has 2 amide bonds. The van der Waals surface area contributed by atoms with Gasteiger partial charge in [0, 0.05) is 12.5 Å². The number of allylic oxidation sites excluding steroid dienone is 1. The Morgan fingerprint density at radius 3 is 2.24 bits per heavy atom. The van der Waals surface area contributed by atoms with E-state index in [9.17, 15) is 19.5 Å². The van der Waals surface area contributed by atoms with Crippen molar-refractivity contribution in [3.8, 4) is 11.1 Å². The molecule has 178 valence electrons. The van der Waals surface area contributed by atoms with E-state index in [0.717, 1.165) is 28.7 Å². The van der Waals surface area contributed by atoms with E-state index in [1.165, 1.54) is 0 Å². The first-order chi connectivity index (χ1) is 16.4. The van der Waals surface area contributed by atoms with Gasteiger partial charge in [0.2, 0.25) is 5.91 Å². The van der Waals surface area contributed by atoms with Crippen LogP contribution < -0.4 is 10.6 Å². The van der Waals surface area contributed by atoms with Crippen molar-refractivity contribution in [3.63, 3.8) is 0 Å². The zero-order chi connectivity index (χ0) is 24.1. The fourth-order valence-corrected chi connectivity index (χ4v) is 4.83. The lowest BCUT2D eigenvalue weighted by molar-refractivity contribution is -0.145. The lowest BCUT2D eigenvalue weighted by Gasteiger charge is -2.40. The highest BCUT2D eigenvalue weighted by Crippen LogP contribution is 2.44. The van der Waals surface area contributed by atoms with Crippen molar-refractivity contribution in [2.75, 3.05) is 13.2 Å². The number of fused-ring (bicyclic) bond motifs is 3. The van der Waals surface area contributed by atoms with Crippen LogP contribution in [0.25, 0.3) is 11.1 Å². The second-order valence-corrected chi connectivity index (χ2v) is 9.04. The molecule has 7 nitrogen and oxygen atoms in total. The summed E-state index contributed by atoms with van der Waals surface area (Å²) < 4.78 is 5.57. The first-order valence-corrected chi connectivity index (χ1v) is 11.7. The molecule has 0 aromatic heterocycles. The van der Waals surface area contributed by atoms with Gasteiger partial charge >= 0.3 is 12.1 Å². The molecular weight excluding hydrogens is 432 g/mol. The average molecular weight is 463 g/mol. The van der Waals surface area contributed by atoms with Gasteiger partial charge in [0.25, 0.3) is 0 Å². The fraction of sp³-hybridized carbons (Fsp3) is 0.370. The normalized spacial score (nSPS) is 16.4. The van der Waals surface area contributed by atoms with Crippen molar-refractivity contribution in [1.82, 2.24) is 10.6 Å². The number of nitrogens with one attached hydrogen (secondary N) is 2. The number of hydrogen-bond acceptors (Lipinski definition) is 4. The molecule has 1 saturated carbocycles. The van der Waals surface area contributed by atoms with Gasteiger partial charge in [-0.25, -0.2) is 9.59 Å². The van der Waals surface area contributed by atoms with E-state index in [2.05, 4.69) is 41.5 Å². The third-order valence-corrected chi connectivity index (χ3v) is 6.97. The molecule has 0 bridgehead atoms. The summed E-state index contributed by atoms with van der Waals surface area (Å²) in [4.78, 5) is 36.9. The first-order valence-electron chi connectivity index (χ1n) is 11.7. The number of carbonyl (C=O) groups excluding carboxylic acids is 2. The van der Waals surface area contributed by atoms with Gasteiger partial charge in [-0.1, -0.05) is 61.0 Å². The van der Waals surface area contributed by atoms with Crippen LogP contribution in [-0.4, -0.2) is 42.3 Å². The number of alkyl carbamates (subject to hydrolysis) is 1. The largest absolute Gasteiger partial charge is 0.480 e. The highest BCUT2D eigenvalue weighted by Gasteiger charge is 2.45. The second-order valence-electron chi connectivity index (χ2n) is 9.04. The monoisotopic (exact) mass is 462 g/mol. The Morgan fingerprint density at radius 2 is 1.71 bits per heavy atom. The zero-order valence-electron chi connectivity index (χ0n) is 19.1. The molecule has 4 rings (SSSR count). The first kappa shape index (κ1) is 23.5. The van der Waals surface area contributed by atoms with E-state index in [1.54, 1.807) is 6.08 Å². The molecule has 3 N–H and O–H groups in total. The van der Waals surface area contributed by atoms with Gasteiger partial charge in [0.05, 0.1) is 5.41 Å². The lowest BCUT2D eigenvalue weighted by Crippen LogP contribution is -2.55. The molecule has 0 radical (unpaired) electrons. The average Bonchev–Trinajstić information content (AvgIpc) is 3.13. The minimum absolute atomic E-state index is 0.0414. The van der Waals surface area contributed by atoms with Crippen LogP contribution in [0.4, 0.5) is 4.79 Å². The standard InChI is InChI=1S/C27H30N2O5/c1-2-3-13-23(24(30)31)29-25(32)27(14-8-15-27)17-28-26(33)34-16-22-20-11-6-4-9-18(20)19-10-5-7-12-21(19)22/h2,4-7,9-12,22-23H,1,3,8,13-17H2,(H,28,33)(H,29,32)(H,30,31). The summed E-state index contributed by atoms with van der Waals surface area (Å²) in [5.41, 5.74) is 3.77. The second kappa shape index (κ2) is 10.1. The van der Waals surface area contributed by atoms with E-state index < -0.39 is 23.5 Å². The lowest BCUT2D eigenvalue weighted by atomic mass is 9.68. The van der Waals surface area contributed by atoms with Crippen LogP contribution >= 0.6 is 0 Å². The number of rotatable bonds is 10. The van der Waals surface area contributed by atoms with Gasteiger partial charge in [0.15, 0.2) is 0 Å². The summed E-state index contributed by atoms with van der Waals surface area (Å²) in [7, 11) is 0. The predicted molar refractivity (Wildman–Crippen MR) is 128 cm³/mol. The Morgan fingerprint density at radius 1 is 1.09 bits per heavy atom. The predicted octanol–water partition coefficient (Wildman–Crippen LogP) is 4.23. The number of carbonyl (C=O) groups is 3. The number of carboxylic acids is 1. The molecule has 0 spiro atoms. The van der Waals surface area contributed by atoms with Crippen molar-refractivity contribution < 1.29 is 24.2 Å². The van der Waals surface area contributed by atoms with E-state index >= 15 is 0 Å². The van der Waals surface area contributed by atoms with E-state index in [4.69, 9.17) is 4.74 Å². The van der Waals surface area contributed by atoms with Gasteiger partial charge in [0.1, 0.15) is 12.6 Å². The molecule has 2 aromatic rings. The van der Waals surface area contributed by atoms with Crippen LogP contribution in [0.1, 0.15) is 49.1 Å². The molecule has 0 saturated heterocycles. The minimum atomic E-state index is -1.07. The SMILES string of the molecule is C=CCCC(NC(=O)C1(CNC(=O)OCC2c3ccccc3-c3ccccc32)CCC1)C(=O)O. The maximum absolute atomic E-state index is 12.9. The minimum Gasteiger partial charge on any atom is -0.480 e. The molecule has 0 heterocycles. The molecule has 7 heteroatoms. The Balaban J connectivity index is 1.34. The van der Waals surface area contributed by atoms with Gasteiger partial charge in [-0.15, -0.1) is 6.58 Å². The number of carboxylic acid groups (broad SMARTS) is 1. The number of benzene rings is 2. The van der Waals surface area contributed by atoms with E-state index in [0.29, 0.717) is 19.3 Å². The Hall–Kier alpha value is -3.61. The van der Waals surface area contributed by atoms with Crippen molar-refractivity contribution in [1.29, 1.82) is 0 Å². The van der Waals surface area contributed by atoms with Crippen molar-refractivity contribution in [2.45, 2.75) is 44.1 Å². The molecule has 1 unspecified atom stereocenters. The Kier molecular flexibility index (Phi) is 7.01. The molecule has 1 atom stereocenters. The van der Waals surface area contributed by atoms with E-state index in [-0.39, 0.29) is 31.4 Å². The maximum Gasteiger partial charge on any atom is 0.407 e. The van der Waals surface area contributed by atoms with Crippen LogP contribution in [0.3, 0.4) is 0 Å². The Labute approximate surface area is 199 Å². The summed E-state index contributed by atoms with van der Waals surface area (Å²) in [6.45, 7) is 3.91. The number of aliphatic carboxylic acids is 1. The van der Waals surface area contributed by atoms with Crippen LogP contribution in [0.5, 0.6) is 0 Å². The highest BCUT2D eigenvalue weighted by atomic mass is 16.5. The zero-order valence-corrected chi connectivity index (χ0v) is 19.1. The molecule has 0 aliphatic heterocycles. The van der Waals surface area contributed by atoms with Gasteiger partial charge in [-0.3, -0.25) is 4.79 Å². The summed E-state index contributed by atoms with van der Waals surface area (Å²) >= 11 is 0. The highest BCUT2D eigenvalue weighted by molar-refractivity contribution is 5.88. The summed E-state index contributed by atoms with van der Waals surface area (Å²) in [5, 5.41) is 14.8. The van der Waals surface area contributed by atoms with Crippen molar-refractivity contribution in [3.05, 3.63) is 72.3 Å². The molecule has 1 fully saturated rings. The molecule has 2 aliphatic carbocycles. The number of amides is 2. The van der Waals surface area contributed by atoms with E-state index in [1.807, 2.05) is 24.3 Å². The number of hydrogen-bond donors (Lipinski definition) is 3. The molecule has 34 heavy (non-hydrogen) atoms. The summed E-state index contributed by atoms with van der Waals surface area (Å²) in [5.74, 6) is -1.45. The smallest absolute Gasteiger partial charge is 0.407 e.